The molecule has 0 amide bonds. The van der Waals surface area contributed by atoms with E-state index < -0.39 is 0 Å². The lowest BCUT2D eigenvalue weighted by Gasteiger charge is -2.20. The highest BCUT2D eigenvalue weighted by atomic mass is 19.1. The number of halogens is 1. The first-order chi connectivity index (χ1) is 8.74. The molecule has 3 rings (SSSR count). The van der Waals surface area contributed by atoms with Gasteiger partial charge in [-0.05, 0) is 67.0 Å². The van der Waals surface area contributed by atoms with Gasteiger partial charge in [-0.1, -0.05) is 29.8 Å². The first kappa shape index (κ1) is 11.5. The van der Waals surface area contributed by atoms with Gasteiger partial charge in [-0.25, -0.2) is 4.39 Å². The van der Waals surface area contributed by atoms with Crippen LogP contribution in [0.3, 0.4) is 0 Å². The van der Waals surface area contributed by atoms with Crippen molar-refractivity contribution in [3.8, 4) is 11.1 Å². The molecule has 0 spiro atoms. The van der Waals surface area contributed by atoms with Crippen molar-refractivity contribution in [3.63, 3.8) is 0 Å². The van der Waals surface area contributed by atoms with Gasteiger partial charge in [0.05, 0.1) is 0 Å². The Morgan fingerprint density at radius 3 is 2.44 bits per heavy atom. The zero-order valence-corrected chi connectivity index (χ0v) is 10.7. The molecule has 0 radical (unpaired) electrons. The van der Waals surface area contributed by atoms with Crippen LogP contribution in [0.1, 0.15) is 29.5 Å². The van der Waals surface area contributed by atoms with Crippen LogP contribution in [0.2, 0.25) is 0 Å². The van der Waals surface area contributed by atoms with Crippen molar-refractivity contribution in [2.24, 2.45) is 0 Å². The Kier molecular flexibility index (Phi) is 2.91. The molecular weight excluding hydrogens is 223 g/mol. The van der Waals surface area contributed by atoms with Crippen molar-refractivity contribution < 1.29 is 4.39 Å². The third-order valence-corrected chi connectivity index (χ3v) is 3.76. The molecule has 1 aliphatic carbocycles. The van der Waals surface area contributed by atoms with Crippen LogP contribution in [0.25, 0.3) is 11.1 Å². The van der Waals surface area contributed by atoms with E-state index in [1.54, 1.807) is 12.1 Å². The van der Waals surface area contributed by atoms with Gasteiger partial charge in [-0.15, -0.1) is 0 Å². The van der Waals surface area contributed by atoms with Gasteiger partial charge >= 0.3 is 0 Å². The summed E-state index contributed by atoms with van der Waals surface area (Å²) >= 11 is 0. The lowest BCUT2D eigenvalue weighted by atomic mass is 9.84. The van der Waals surface area contributed by atoms with Gasteiger partial charge in [0.2, 0.25) is 0 Å². The molecule has 0 saturated carbocycles. The molecule has 0 N–H and O–H groups in total. The Labute approximate surface area is 107 Å². The SMILES string of the molecule is Cc1cc2c(c(-c3ccc(F)cc3)c1)CCCC2. The summed E-state index contributed by atoms with van der Waals surface area (Å²) in [5, 5.41) is 0. The topological polar surface area (TPSA) is 0 Å². The Morgan fingerprint density at radius 2 is 1.67 bits per heavy atom. The quantitative estimate of drug-likeness (QED) is 0.679. The maximum atomic E-state index is 13.0. The fraction of sp³-hybridized carbons (Fsp3) is 0.294. The summed E-state index contributed by atoms with van der Waals surface area (Å²) in [5.74, 6) is -0.166. The summed E-state index contributed by atoms with van der Waals surface area (Å²) in [5.41, 5.74) is 6.69. The average Bonchev–Trinajstić information content (AvgIpc) is 2.38. The van der Waals surface area contributed by atoms with E-state index in [9.17, 15) is 4.39 Å². The van der Waals surface area contributed by atoms with Crippen LogP contribution in [-0.2, 0) is 12.8 Å². The summed E-state index contributed by atoms with van der Waals surface area (Å²) in [7, 11) is 0. The predicted octanol–water partition coefficient (Wildman–Crippen LogP) is 4.68. The van der Waals surface area contributed by atoms with E-state index in [1.807, 2.05) is 12.1 Å². The molecule has 2 aromatic rings. The van der Waals surface area contributed by atoms with Crippen LogP contribution >= 0.6 is 0 Å². The minimum Gasteiger partial charge on any atom is -0.207 e. The molecule has 2 aromatic carbocycles. The van der Waals surface area contributed by atoms with Gasteiger partial charge in [0.15, 0.2) is 0 Å². The minimum absolute atomic E-state index is 0.166. The van der Waals surface area contributed by atoms with Crippen LogP contribution in [0.15, 0.2) is 36.4 Å². The van der Waals surface area contributed by atoms with Gasteiger partial charge in [0.25, 0.3) is 0 Å². The minimum atomic E-state index is -0.166. The summed E-state index contributed by atoms with van der Waals surface area (Å²) < 4.78 is 13.0. The van der Waals surface area contributed by atoms with E-state index in [4.69, 9.17) is 0 Å². The summed E-state index contributed by atoms with van der Waals surface area (Å²) in [4.78, 5) is 0. The number of rotatable bonds is 1. The normalized spacial score (nSPS) is 14.3. The zero-order chi connectivity index (χ0) is 12.5. The number of hydrogen-bond acceptors (Lipinski definition) is 0. The second-order valence-corrected chi connectivity index (χ2v) is 5.16. The lowest BCUT2D eigenvalue weighted by Crippen LogP contribution is -2.05. The Balaban J connectivity index is 2.16. The summed E-state index contributed by atoms with van der Waals surface area (Å²) in [6.07, 6.45) is 4.90. The van der Waals surface area contributed by atoms with Gasteiger partial charge in [-0.3, -0.25) is 0 Å². The first-order valence-electron chi connectivity index (χ1n) is 6.62. The van der Waals surface area contributed by atoms with Crippen LogP contribution in [0.4, 0.5) is 4.39 Å². The molecule has 0 unspecified atom stereocenters. The van der Waals surface area contributed by atoms with Crippen LogP contribution in [0, 0.1) is 12.7 Å². The van der Waals surface area contributed by atoms with Crippen molar-refractivity contribution in [1.29, 1.82) is 0 Å². The Hall–Kier alpha value is -1.63. The maximum absolute atomic E-state index is 13.0. The molecule has 0 atom stereocenters. The summed E-state index contributed by atoms with van der Waals surface area (Å²) in [6.45, 7) is 2.14. The number of fused-ring (bicyclic) bond motifs is 1. The largest absolute Gasteiger partial charge is 0.207 e. The van der Waals surface area contributed by atoms with Crippen LogP contribution in [0.5, 0.6) is 0 Å². The Morgan fingerprint density at radius 1 is 0.944 bits per heavy atom. The average molecular weight is 240 g/mol. The van der Waals surface area contributed by atoms with Crippen molar-refractivity contribution in [2.75, 3.05) is 0 Å². The molecule has 92 valence electrons. The third-order valence-electron chi connectivity index (χ3n) is 3.76. The van der Waals surface area contributed by atoms with E-state index in [2.05, 4.69) is 19.1 Å². The molecule has 1 aliphatic rings. The lowest BCUT2D eigenvalue weighted by molar-refractivity contribution is 0.628. The first-order valence-corrected chi connectivity index (χ1v) is 6.62. The third kappa shape index (κ3) is 2.05. The number of hydrogen-bond donors (Lipinski definition) is 0. The van der Waals surface area contributed by atoms with E-state index in [0.29, 0.717) is 0 Å². The van der Waals surface area contributed by atoms with Crippen molar-refractivity contribution in [2.45, 2.75) is 32.6 Å². The molecular formula is C17H17F. The van der Waals surface area contributed by atoms with Gasteiger partial charge in [0, 0.05) is 0 Å². The van der Waals surface area contributed by atoms with Gasteiger partial charge in [0.1, 0.15) is 5.82 Å². The fourth-order valence-corrected chi connectivity index (χ4v) is 2.91. The van der Waals surface area contributed by atoms with Crippen LogP contribution in [-0.4, -0.2) is 0 Å². The fourth-order valence-electron chi connectivity index (χ4n) is 2.91. The smallest absolute Gasteiger partial charge is 0.123 e. The molecule has 0 heterocycles. The van der Waals surface area contributed by atoms with Crippen LogP contribution < -0.4 is 0 Å². The van der Waals surface area contributed by atoms with Gasteiger partial charge < -0.3 is 0 Å². The predicted molar refractivity (Wildman–Crippen MR) is 73.2 cm³/mol. The van der Waals surface area contributed by atoms with E-state index >= 15 is 0 Å². The molecule has 1 heteroatoms. The number of benzene rings is 2. The standard InChI is InChI=1S/C17H17F/c1-12-10-14-4-2-3-5-16(14)17(11-12)13-6-8-15(18)9-7-13/h6-11H,2-5H2,1H3. The summed E-state index contributed by atoms with van der Waals surface area (Å²) in [6, 6.07) is 11.4. The molecule has 0 fully saturated rings. The Bertz CT molecular complexity index is 567. The second kappa shape index (κ2) is 4.56. The monoisotopic (exact) mass is 240 g/mol. The van der Waals surface area contributed by atoms with Crippen molar-refractivity contribution in [1.82, 2.24) is 0 Å². The van der Waals surface area contributed by atoms with Crippen molar-refractivity contribution in [3.05, 3.63) is 58.9 Å². The number of aryl methyl sites for hydroxylation is 2. The zero-order valence-electron chi connectivity index (χ0n) is 10.7. The van der Waals surface area contributed by atoms with E-state index in [-0.39, 0.29) is 5.82 Å². The molecule has 0 saturated heterocycles. The maximum Gasteiger partial charge on any atom is 0.123 e. The van der Waals surface area contributed by atoms with E-state index in [0.717, 1.165) is 12.0 Å². The highest BCUT2D eigenvalue weighted by Gasteiger charge is 2.14. The second-order valence-electron chi connectivity index (χ2n) is 5.16. The highest BCUT2D eigenvalue weighted by Crippen LogP contribution is 2.32. The molecule has 18 heavy (non-hydrogen) atoms. The van der Waals surface area contributed by atoms with Gasteiger partial charge in [-0.2, -0.15) is 0 Å². The molecule has 0 bridgehead atoms. The van der Waals surface area contributed by atoms with E-state index in [1.165, 1.54) is 41.5 Å². The molecule has 0 aliphatic heterocycles. The molecule has 0 aromatic heterocycles. The molecule has 0 nitrogen and oxygen atoms in total. The van der Waals surface area contributed by atoms with Crippen molar-refractivity contribution >= 4 is 0 Å². The highest BCUT2D eigenvalue weighted by molar-refractivity contribution is 5.70.